The van der Waals surface area contributed by atoms with Crippen LogP contribution in [0.2, 0.25) is 0 Å². The number of hydrogen-bond acceptors (Lipinski definition) is 7. The first-order valence-electron chi connectivity index (χ1n) is 13.1. The number of nitrogens with zero attached hydrogens (tertiary/aromatic N) is 4. The van der Waals surface area contributed by atoms with Crippen molar-refractivity contribution < 1.29 is 17.9 Å². The van der Waals surface area contributed by atoms with Gasteiger partial charge in [0.2, 0.25) is 0 Å². The van der Waals surface area contributed by atoms with E-state index in [1.807, 2.05) is 42.5 Å². The van der Waals surface area contributed by atoms with Crippen molar-refractivity contribution in [1.82, 2.24) is 9.88 Å². The number of fused-ring (bicyclic) bond motifs is 1. The predicted molar refractivity (Wildman–Crippen MR) is 164 cm³/mol. The number of hydrogen-bond donors (Lipinski definition) is 0. The number of anilines is 2. The summed E-state index contributed by atoms with van der Waals surface area (Å²) in [5.74, 6) is -0.199. The molecule has 2 heterocycles. The zero-order valence-corrected chi connectivity index (χ0v) is 24.8. The first-order chi connectivity index (χ1) is 19.0. The van der Waals surface area contributed by atoms with E-state index < -0.39 is 10.0 Å². The minimum atomic E-state index is -3.78. The molecule has 3 aromatic carbocycles. The largest absolute Gasteiger partial charge is 0.379 e. The van der Waals surface area contributed by atoms with Crippen LogP contribution in [-0.2, 0) is 14.8 Å². The number of halogens is 1. The van der Waals surface area contributed by atoms with Crippen LogP contribution < -0.4 is 9.21 Å². The van der Waals surface area contributed by atoms with Crippen LogP contribution in [0.15, 0.2) is 83.8 Å². The van der Waals surface area contributed by atoms with Gasteiger partial charge in [0.15, 0.2) is 5.13 Å². The summed E-state index contributed by atoms with van der Waals surface area (Å²) >= 11 is 1.48. The second-order valence-electron chi connectivity index (χ2n) is 9.26. The Hall–Kier alpha value is -3.02. The average molecular weight is 601 g/mol. The molecule has 0 N–H and O–H groups in total. The first kappa shape index (κ1) is 30.0. The number of benzene rings is 3. The van der Waals surface area contributed by atoms with E-state index in [1.165, 1.54) is 27.8 Å². The number of ether oxygens (including phenoxy) is 1. The Labute approximate surface area is 245 Å². The van der Waals surface area contributed by atoms with E-state index in [0.717, 1.165) is 49.5 Å². The van der Waals surface area contributed by atoms with Gasteiger partial charge >= 0.3 is 0 Å². The lowest BCUT2D eigenvalue weighted by Gasteiger charge is -2.27. The Morgan fingerprint density at radius 2 is 1.65 bits per heavy atom. The normalized spacial score (nSPS) is 14.0. The summed E-state index contributed by atoms with van der Waals surface area (Å²) in [5.41, 5.74) is 1.87. The Morgan fingerprint density at radius 3 is 2.33 bits per heavy atom. The molecule has 1 aliphatic rings. The molecule has 8 nitrogen and oxygen atoms in total. The molecule has 5 rings (SSSR count). The maximum absolute atomic E-state index is 13.8. The van der Waals surface area contributed by atoms with E-state index in [4.69, 9.17) is 9.72 Å². The van der Waals surface area contributed by atoms with E-state index in [1.54, 1.807) is 36.1 Å². The smallest absolute Gasteiger partial charge is 0.264 e. The standard InChI is InChI=1S/C29H32N4O4S2.ClH/c1-2-33(24-9-4-3-5-10-24)39(35,36)25-15-13-23(14-16-25)28(34)32(18-8-17-31-19-21-37-22-20-31)29-30-26-11-6-7-12-27(26)38-29;/h3-7,9-16H,2,8,17-22H2,1H3;1H. The molecule has 1 saturated heterocycles. The molecule has 4 aromatic rings. The Balaban J connectivity index is 0.00000370. The van der Waals surface area contributed by atoms with Crippen LogP contribution in [0.1, 0.15) is 23.7 Å². The lowest BCUT2D eigenvalue weighted by Crippen LogP contribution is -2.39. The molecule has 0 aliphatic carbocycles. The maximum atomic E-state index is 13.8. The summed E-state index contributed by atoms with van der Waals surface area (Å²) in [7, 11) is -3.78. The Bertz CT molecular complexity index is 1480. The zero-order valence-electron chi connectivity index (χ0n) is 22.3. The van der Waals surface area contributed by atoms with Crippen molar-refractivity contribution in [3.05, 3.63) is 84.4 Å². The molecule has 0 bridgehead atoms. The summed E-state index contributed by atoms with van der Waals surface area (Å²) in [6.45, 7) is 6.71. The van der Waals surface area contributed by atoms with Crippen LogP contribution in [0, 0.1) is 0 Å². The molecule has 1 aromatic heterocycles. The van der Waals surface area contributed by atoms with Gasteiger partial charge in [-0.05, 0) is 61.9 Å². The Morgan fingerprint density at radius 1 is 0.975 bits per heavy atom. The average Bonchev–Trinajstić information content (AvgIpc) is 3.40. The van der Waals surface area contributed by atoms with Crippen molar-refractivity contribution in [2.45, 2.75) is 18.2 Å². The number of morpholine rings is 1. The molecule has 1 fully saturated rings. The number of carbonyl (C=O) groups is 1. The van der Waals surface area contributed by atoms with Gasteiger partial charge < -0.3 is 4.74 Å². The molecule has 1 aliphatic heterocycles. The van der Waals surface area contributed by atoms with Gasteiger partial charge in [-0.15, -0.1) is 12.4 Å². The van der Waals surface area contributed by atoms with Gasteiger partial charge in [-0.3, -0.25) is 18.9 Å². The minimum absolute atomic E-state index is 0. The van der Waals surface area contributed by atoms with Crippen molar-refractivity contribution >= 4 is 60.7 Å². The number of rotatable bonds is 10. The van der Waals surface area contributed by atoms with Crippen molar-refractivity contribution in [2.75, 3.05) is 55.1 Å². The summed E-state index contributed by atoms with van der Waals surface area (Å²) < 4.78 is 34.6. The maximum Gasteiger partial charge on any atom is 0.264 e. The van der Waals surface area contributed by atoms with Crippen molar-refractivity contribution in [1.29, 1.82) is 0 Å². The quantitative estimate of drug-likeness (QED) is 0.246. The highest BCUT2D eigenvalue weighted by Crippen LogP contribution is 2.30. The Kier molecular flexibility index (Phi) is 10.2. The number of thiazole rings is 1. The highest BCUT2D eigenvalue weighted by atomic mass is 35.5. The summed E-state index contributed by atoms with van der Waals surface area (Å²) in [6, 6.07) is 23.1. The fourth-order valence-electron chi connectivity index (χ4n) is 4.67. The van der Waals surface area contributed by atoms with Crippen molar-refractivity contribution in [3.63, 3.8) is 0 Å². The molecule has 212 valence electrons. The van der Waals surface area contributed by atoms with Crippen LogP contribution in [0.5, 0.6) is 0 Å². The van der Waals surface area contributed by atoms with Crippen LogP contribution in [0.3, 0.4) is 0 Å². The minimum Gasteiger partial charge on any atom is -0.379 e. The first-order valence-corrected chi connectivity index (χ1v) is 15.4. The van der Waals surface area contributed by atoms with E-state index in [0.29, 0.717) is 29.5 Å². The van der Waals surface area contributed by atoms with Crippen molar-refractivity contribution in [3.8, 4) is 0 Å². The van der Waals surface area contributed by atoms with E-state index in [-0.39, 0.29) is 23.2 Å². The van der Waals surface area contributed by atoms with Gasteiger partial charge in [0.05, 0.1) is 34.0 Å². The monoisotopic (exact) mass is 600 g/mol. The molecular formula is C29H33ClN4O4S2. The number of aromatic nitrogens is 1. The third-order valence-electron chi connectivity index (χ3n) is 6.74. The number of para-hydroxylation sites is 2. The van der Waals surface area contributed by atoms with Crippen LogP contribution in [0.4, 0.5) is 10.8 Å². The summed E-state index contributed by atoms with van der Waals surface area (Å²) in [6.07, 6.45) is 0.788. The number of carbonyl (C=O) groups excluding carboxylic acids is 1. The second kappa shape index (κ2) is 13.6. The van der Waals surface area contributed by atoms with Gasteiger partial charge in [0.25, 0.3) is 15.9 Å². The SMILES string of the molecule is CCN(c1ccccc1)S(=O)(=O)c1ccc(C(=O)N(CCCN2CCOCC2)c2nc3ccccc3s2)cc1.Cl. The fourth-order valence-corrected chi connectivity index (χ4v) is 7.14. The molecule has 40 heavy (non-hydrogen) atoms. The molecule has 0 unspecified atom stereocenters. The number of sulfonamides is 1. The number of amides is 1. The lowest BCUT2D eigenvalue weighted by molar-refractivity contribution is 0.0376. The fraction of sp³-hybridized carbons (Fsp3) is 0.310. The predicted octanol–water partition coefficient (Wildman–Crippen LogP) is 5.30. The van der Waals surface area contributed by atoms with E-state index >= 15 is 0 Å². The summed E-state index contributed by atoms with van der Waals surface area (Å²) in [4.78, 5) is 22.7. The molecule has 0 atom stereocenters. The lowest BCUT2D eigenvalue weighted by atomic mass is 10.2. The highest BCUT2D eigenvalue weighted by Gasteiger charge is 2.26. The second-order valence-corrected chi connectivity index (χ2v) is 12.1. The van der Waals surface area contributed by atoms with Gasteiger partial charge in [0, 0.05) is 38.3 Å². The molecule has 0 spiro atoms. The molecule has 0 saturated carbocycles. The van der Waals surface area contributed by atoms with Crippen LogP contribution in [-0.4, -0.2) is 70.1 Å². The molecular weight excluding hydrogens is 568 g/mol. The van der Waals surface area contributed by atoms with E-state index in [2.05, 4.69) is 4.90 Å². The molecule has 1 amide bonds. The third kappa shape index (κ3) is 6.64. The van der Waals surface area contributed by atoms with Gasteiger partial charge in [0.1, 0.15) is 0 Å². The molecule has 0 radical (unpaired) electrons. The van der Waals surface area contributed by atoms with Gasteiger partial charge in [-0.25, -0.2) is 13.4 Å². The van der Waals surface area contributed by atoms with Crippen LogP contribution >= 0.6 is 23.7 Å². The topological polar surface area (TPSA) is 83.1 Å². The van der Waals surface area contributed by atoms with Gasteiger partial charge in [-0.1, -0.05) is 41.7 Å². The zero-order chi connectivity index (χ0) is 27.2. The third-order valence-corrected chi connectivity index (χ3v) is 9.72. The summed E-state index contributed by atoms with van der Waals surface area (Å²) in [5, 5.41) is 0.640. The van der Waals surface area contributed by atoms with E-state index in [9.17, 15) is 13.2 Å². The molecule has 11 heteroatoms. The van der Waals surface area contributed by atoms with Crippen LogP contribution in [0.25, 0.3) is 10.2 Å². The highest BCUT2D eigenvalue weighted by molar-refractivity contribution is 7.92. The van der Waals surface area contributed by atoms with Crippen molar-refractivity contribution in [2.24, 2.45) is 0 Å². The van der Waals surface area contributed by atoms with Gasteiger partial charge in [-0.2, -0.15) is 0 Å².